The average Bonchev–Trinajstić information content (AvgIpc) is 2.61. The summed E-state index contributed by atoms with van der Waals surface area (Å²) >= 11 is 3.22. The average molecular weight is 220 g/mol. The molecule has 0 aliphatic carbocycles. The quantitative estimate of drug-likeness (QED) is 0.593. The van der Waals surface area contributed by atoms with Crippen molar-refractivity contribution < 1.29 is 0 Å². The number of nitrogens with zero attached hydrogens (tertiary/aromatic N) is 1. The van der Waals surface area contributed by atoms with Crippen molar-refractivity contribution in [2.75, 3.05) is 12.0 Å². The molecule has 2 rings (SSSR count). The molecule has 2 aromatic rings. The van der Waals surface area contributed by atoms with E-state index >= 15 is 0 Å². The number of nitriles is 1. The molecule has 2 N–H and O–H groups in total. The minimum Gasteiger partial charge on any atom is -0.398 e. The summed E-state index contributed by atoms with van der Waals surface area (Å²) < 4.78 is 1.09. The second-order valence-electron chi connectivity index (χ2n) is 2.85. The highest BCUT2D eigenvalue weighted by atomic mass is 32.2. The highest BCUT2D eigenvalue weighted by molar-refractivity contribution is 7.98. The van der Waals surface area contributed by atoms with Crippen molar-refractivity contribution in [3.63, 3.8) is 0 Å². The van der Waals surface area contributed by atoms with Crippen LogP contribution in [0.5, 0.6) is 0 Å². The Bertz CT molecular complexity index is 523. The maximum atomic E-state index is 8.87. The zero-order chi connectivity index (χ0) is 10.1. The molecule has 0 spiro atoms. The summed E-state index contributed by atoms with van der Waals surface area (Å²) in [6, 6.07) is 6.14. The van der Waals surface area contributed by atoms with Gasteiger partial charge >= 0.3 is 0 Å². The van der Waals surface area contributed by atoms with Crippen LogP contribution in [0.3, 0.4) is 0 Å². The van der Waals surface area contributed by atoms with Crippen molar-refractivity contribution in [2.24, 2.45) is 0 Å². The summed E-state index contributed by atoms with van der Waals surface area (Å²) in [5.74, 6) is 0. The van der Waals surface area contributed by atoms with E-state index in [2.05, 4.69) is 12.1 Å². The van der Waals surface area contributed by atoms with Crippen LogP contribution in [-0.2, 0) is 0 Å². The number of hydrogen-bond donors (Lipinski definition) is 1. The first-order chi connectivity index (χ1) is 6.76. The number of benzene rings is 1. The lowest BCUT2D eigenvalue weighted by molar-refractivity contribution is 1.50. The molecule has 0 fully saturated rings. The van der Waals surface area contributed by atoms with Gasteiger partial charge in [0.1, 0.15) is 6.07 Å². The summed E-state index contributed by atoms with van der Waals surface area (Å²) in [5, 5.41) is 11.6. The number of fused-ring (bicyclic) bond motifs is 1. The second-order valence-corrected chi connectivity index (χ2v) is 4.64. The Morgan fingerprint density at radius 2 is 2.29 bits per heavy atom. The van der Waals surface area contributed by atoms with Crippen LogP contribution in [0.15, 0.2) is 22.4 Å². The first-order valence-electron chi connectivity index (χ1n) is 4.01. The number of thiophene rings is 1. The molecule has 0 aliphatic heterocycles. The molecule has 4 heteroatoms. The zero-order valence-electron chi connectivity index (χ0n) is 7.57. The van der Waals surface area contributed by atoms with Crippen molar-refractivity contribution in [1.29, 1.82) is 5.26 Å². The molecule has 0 saturated carbocycles. The number of nitrogens with two attached hydrogens (primary N) is 1. The lowest BCUT2D eigenvalue weighted by Crippen LogP contribution is -1.87. The number of nitrogen functional groups attached to an aromatic ring is 1. The smallest absolute Gasteiger partial charge is 0.101 e. The van der Waals surface area contributed by atoms with Gasteiger partial charge in [0, 0.05) is 26.0 Å². The van der Waals surface area contributed by atoms with Crippen LogP contribution < -0.4 is 5.73 Å². The van der Waals surface area contributed by atoms with E-state index in [0.717, 1.165) is 15.0 Å². The maximum Gasteiger partial charge on any atom is 0.101 e. The molecule has 70 valence electrons. The lowest BCUT2D eigenvalue weighted by Gasteiger charge is -2.00. The van der Waals surface area contributed by atoms with Crippen molar-refractivity contribution in [2.45, 2.75) is 4.90 Å². The number of thioether (sulfide) groups is 1. The molecule has 1 aromatic carbocycles. The molecule has 0 unspecified atom stereocenters. The van der Waals surface area contributed by atoms with Gasteiger partial charge in [-0.3, -0.25) is 0 Å². The predicted octanol–water partition coefficient (Wildman–Crippen LogP) is 3.08. The van der Waals surface area contributed by atoms with Gasteiger partial charge in [-0.15, -0.1) is 23.1 Å². The van der Waals surface area contributed by atoms with E-state index in [0.29, 0.717) is 11.3 Å². The Hall–Kier alpha value is -1.18. The predicted molar refractivity (Wildman–Crippen MR) is 62.7 cm³/mol. The highest BCUT2D eigenvalue weighted by Gasteiger charge is 2.08. The topological polar surface area (TPSA) is 49.8 Å². The van der Waals surface area contributed by atoms with Gasteiger partial charge in [-0.2, -0.15) is 5.26 Å². The highest BCUT2D eigenvalue weighted by Crippen LogP contribution is 2.34. The Morgan fingerprint density at radius 1 is 1.50 bits per heavy atom. The lowest BCUT2D eigenvalue weighted by atomic mass is 10.1. The van der Waals surface area contributed by atoms with E-state index in [1.807, 2.05) is 17.7 Å². The minimum absolute atomic E-state index is 0.676. The third-order valence-corrected chi connectivity index (χ3v) is 3.67. The third kappa shape index (κ3) is 1.35. The van der Waals surface area contributed by atoms with Crippen LogP contribution in [0.1, 0.15) is 5.56 Å². The van der Waals surface area contributed by atoms with E-state index in [1.54, 1.807) is 23.1 Å². The first-order valence-corrected chi connectivity index (χ1v) is 6.11. The number of hydrogen-bond acceptors (Lipinski definition) is 4. The van der Waals surface area contributed by atoms with Gasteiger partial charge in [-0.1, -0.05) is 0 Å². The monoisotopic (exact) mass is 220 g/mol. The van der Waals surface area contributed by atoms with Gasteiger partial charge < -0.3 is 5.73 Å². The summed E-state index contributed by atoms with van der Waals surface area (Å²) in [6.45, 7) is 0. The summed E-state index contributed by atoms with van der Waals surface area (Å²) in [7, 11) is 0. The normalized spacial score (nSPS) is 10.3. The molecule has 14 heavy (non-hydrogen) atoms. The SMILES string of the molecule is CSc1cc(N)c2c(C#N)csc2c1. The van der Waals surface area contributed by atoms with Gasteiger partial charge in [-0.05, 0) is 18.4 Å². The minimum atomic E-state index is 0.676. The van der Waals surface area contributed by atoms with E-state index < -0.39 is 0 Å². The largest absolute Gasteiger partial charge is 0.398 e. The Morgan fingerprint density at radius 3 is 2.93 bits per heavy atom. The molecule has 0 aliphatic rings. The summed E-state index contributed by atoms with van der Waals surface area (Å²) in [6.07, 6.45) is 2.01. The second kappa shape index (κ2) is 3.52. The summed E-state index contributed by atoms with van der Waals surface area (Å²) in [4.78, 5) is 1.14. The third-order valence-electron chi connectivity index (χ3n) is 2.04. The molecule has 0 atom stereocenters. The van der Waals surface area contributed by atoms with Gasteiger partial charge in [-0.25, -0.2) is 0 Å². The number of rotatable bonds is 1. The molecule has 0 bridgehead atoms. The summed E-state index contributed by atoms with van der Waals surface area (Å²) in [5.41, 5.74) is 7.27. The van der Waals surface area contributed by atoms with E-state index in [4.69, 9.17) is 11.0 Å². The first kappa shape index (κ1) is 9.38. The molecule has 0 saturated heterocycles. The van der Waals surface area contributed by atoms with Crippen LogP contribution in [0, 0.1) is 11.3 Å². The van der Waals surface area contributed by atoms with Crippen LogP contribution >= 0.6 is 23.1 Å². The van der Waals surface area contributed by atoms with Crippen molar-refractivity contribution in [3.8, 4) is 6.07 Å². The molecule has 2 nitrogen and oxygen atoms in total. The molecular formula is C10H8N2S2. The standard InChI is InChI=1S/C10H8N2S2/c1-13-7-2-8(12)10-6(4-11)5-14-9(10)3-7/h2-3,5H,12H2,1H3. The Labute approximate surface area is 90.3 Å². The van der Waals surface area contributed by atoms with Gasteiger partial charge in [0.15, 0.2) is 0 Å². The Kier molecular flexibility index (Phi) is 2.36. The van der Waals surface area contributed by atoms with Crippen LogP contribution in [0.4, 0.5) is 5.69 Å². The van der Waals surface area contributed by atoms with Crippen molar-refractivity contribution in [1.82, 2.24) is 0 Å². The molecule has 0 radical (unpaired) electrons. The van der Waals surface area contributed by atoms with Crippen LogP contribution in [-0.4, -0.2) is 6.26 Å². The van der Waals surface area contributed by atoms with Crippen molar-refractivity contribution >= 4 is 38.9 Å². The molecular weight excluding hydrogens is 212 g/mol. The Balaban J connectivity index is 2.80. The maximum absolute atomic E-state index is 8.87. The van der Waals surface area contributed by atoms with E-state index in [9.17, 15) is 0 Å². The zero-order valence-corrected chi connectivity index (χ0v) is 9.21. The fourth-order valence-corrected chi connectivity index (χ4v) is 2.88. The van der Waals surface area contributed by atoms with Gasteiger partial charge in [0.05, 0.1) is 5.56 Å². The molecule has 1 aromatic heterocycles. The van der Waals surface area contributed by atoms with Gasteiger partial charge in [0.25, 0.3) is 0 Å². The fraction of sp³-hybridized carbons (Fsp3) is 0.100. The van der Waals surface area contributed by atoms with Crippen LogP contribution in [0.25, 0.3) is 10.1 Å². The van der Waals surface area contributed by atoms with E-state index in [1.165, 1.54) is 0 Å². The fourth-order valence-electron chi connectivity index (χ4n) is 1.37. The molecule has 0 amide bonds. The number of anilines is 1. The van der Waals surface area contributed by atoms with Crippen molar-refractivity contribution in [3.05, 3.63) is 23.1 Å². The van der Waals surface area contributed by atoms with E-state index in [-0.39, 0.29) is 0 Å². The van der Waals surface area contributed by atoms with Gasteiger partial charge in [0.2, 0.25) is 0 Å². The molecule has 1 heterocycles. The van der Waals surface area contributed by atoms with Crippen LogP contribution in [0.2, 0.25) is 0 Å².